The second kappa shape index (κ2) is 4.88. The van der Waals surface area contributed by atoms with Gasteiger partial charge in [-0.25, -0.2) is 4.39 Å². The van der Waals surface area contributed by atoms with E-state index in [2.05, 4.69) is 10.1 Å². The molecule has 3 aromatic heterocycles. The lowest BCUT2D eigenvalue weighted by atomic mass is 10.2. The van der Waals surface area contributed by atoms with Crippen molar-refractivity contribution in [2.24, 2.45) is 0 Å². The fraction of sp³-hybridized carbons (Fsp3) is 0. The van der Waals surface area contributed by atoms with Crippen LogP contribution in [0.25, 0.3) is 22.4 Å². The molecule has 0 amide bonds. The fourth-order valence-electron chi connectivity index (χ4n) is 2.06. The number of furan rings is 1. The number of benzene rings is 1. The quantitative estimate of drug-likeness (QED) is 0.568. The first kappa shape index (κ1) is 12.9. The number of rotatable bonds is 2. The molecule has 0 N–H and O–H groups in total. The van der Waals surface area contributed by atoms with Gasteiger partial charge in [0.1, 0.15) is 16.1 Å². The van der Waals surface area contributed by atoms with Crippen LogP contribution in [0, 0.1) is 5.82 Å². The van der Waals surface area contributed by atoms with Crippen LogP contribution in [0.15, 0.2) is 51.9 Å². The number of halogens is 1. The third kappa shape index (κ3) is 2.11. The molecule has 3 heterocycles. The lowest BCUT2D eigenvalue weighted by Crippen LogP contribution is -2.23. The second-order valence-electron chi connectivity index (χ2n) is 4.57. The van der Waals surface area contributed by atoms with Crippen molar-refractivity contribution < 1.29 is 8.81 Å². The van der Waals surface area contributed by atoms with Gasteiger partial charge in [-0.1, -0.05) is 11.3 Å². The highest BCUT2D eigenvalue weighted by atomic mass is 32.1. The smallest absolute Gasteiger partial charge is 0.291 e. The van der Waals surface area contributed by atoms with Crippen molar-refractivity contribution in [2.45, 2.75) is 0 Å². The summed E-state index contributed by atoms with van der Waals surface area (Å²) in [6.07, 6.45) is 3.20. The van der Waals surface area contributed by atoms with Gasteiger partial charge in [-0.05, 0) is 36.4 Å². The number of fused-ring (bicyclic) bond motifs is 1. The van der Waals surface area contributed by atoms with Crippen molar-refractivity contribution in [3.8, 4) is 11.4 Å². The molecule has 108 valence electrons. The van der Waals surface area contributed by atoms with E-state index in [9.17, 15) is 9.18 Å². The predicted octanol–water partition coefficient (Wildman–Crippen LogP) is 2.10. The standard InChI is InChI=1S/C15H8FN3O2S/c16-10-5-3-9(4-6-10)13-17-15-19(18-13)14(20)12(22-15)8-11-2-1-7-21-11/h1-8H/b12-8-. The molecular weight excluding hydrogens is 305 g/mol. The zero-order chi connectivity index (χ0) is 15.1. The van der Waals surface area contributed by atoms with Crippen LogP contribution in [0.4, 0.5) is 4.39 Å². The van der Waals surface area contributed by atoms with E-state index in [1.807, 2.05) is 0 Å². The van der Waals surface area contributed by atoms with Gasteiger partial charge in [0.2, 0.25) is 4.96 Å². The van der Waals surface area contributed by atoms with E-state index in [4.69, 9.17) is 4.42 Å². The van der Waals surface area contributed by atoms with Crippen LogP contribution in [0.2, 0.25) is 0 Å². The summed E-state index contributed by atoms with van der Waals surface area (Å²) in [4.78, 5) is 17.1. The summed E-state index contributed by atoms with van der Waals surface area (Å²) >= 11 is 1.23. The minimum absolute atomic E-state index is 0.253. The van der Waals surface area contributed by atoms with E-state index in [-0.39, 0.29) is 11.4 Å². The maximum Gasteiger partial charge on any atom is 0.291 e. The summed E-state index contributed by atoms with van der Waals surface area (Å²) < 4.78 is 19.9. The highest BCUT2D eigenvalue weighted by Crippen LogP contribution is 2.16. The summed E-state index contributed by atoms with van der Waals surface area (Å²) in [6.45, 7) is 0. The normalized spacial score (nSPS) is 12.3. The SMILES string of the molecule is O=c1/c(=C/c2ccco2)sc2nc(-c3ccc(F)cc3)nn12. The Morgan fingerprint density at radius 3 is 2.73 bits per heavy atom. The van der Waals surface area contributed by atoms with Crippen LogP contribution < -0.4 is 10.1 Å². The lowest BCUT2D eigenvalue weighted by molar-refractivity contribution is 0.556. The molecule has 1 aromatic carbocycles. The molecule has 0 unspecified atom stereocenters. The number of hydrogen-bond donors (Lipinski definition) is 0. The van der Waals surface area contributed by atoms with Crippen molar-refractivity contribution in [2.75, 3.05) is 0 Å². The van der Waals surface area contributed by atoms with E-state index in [0.29, 0.717) is 26.6 Å². The fourth-order valence-corrected chi connectivity index (χ4v) is 2.95. The van der Waals surface area contributed by atoms with Crippen LogP contribution in [-0.4, -0.2) is 14.6 Å². The van der Waals surface area contributed by atoms with Crippen LogP contribution >= 0.6 is 11.3 Å². The highest BCUT2D eigenvalue weighted by molar-refractivity contribution is 7.15. The molecule has 0 aliphatic rings. The summed E-state index contributed by atoms with van der Waals surface area (Å²) in [6, 6.07) is 9.33. The van der Waals surface area contributed by atoms with Gasteiger partial charge in [0, 0.05) is 11.6 Å². The molecule has 0 aliphatic carbocycles. The minimum atomic E-state index is -0.329. The van der Waals surface area contributed by atoms with Crippen molar-refractivity contribution in [3.05, 3.63) is 69.1 Å². The zero-order valence-corrected chi connectivity index (χ0v) is 11.9. The van der Waals surface area contributed by atoms with Gasteiger partial charge in [-0.2, -0.15) is 9.50 Å². The lowest BCUT2D eigenvalue weighted by Gasteiger charge is -1.93. The molecule has 0 atom stereocenters. The van der Waals surface area contributed by atoms with Crippen LogP contribution in [-0.2, 0) is 0 Å². The van der Waals surface area contributed by atoms with Gasteiger partial charge >= 0.3 is 0 Å². The average molecular weight is 313 g/mol. The Hall–Kier alpha value is -2.80. The monoisotopic (exact) mass is 313 g/mol. The first-order valence-electron chi connectivity index (χ1n) is 6.41. The Balaban J connectivity index is 1.84. The second-order valence-corrected chi connectivity index (χ2v) is 5.58. The Bertz CT molecular complexity index is 1050. The molecule has 0 radical (unpaired) electrons. The van der Waals surface area contributed by atoms with E-state index >= 15 is 0 Å². The molecule has 0 saturated carbocycles. The van der Waals surface area contributed by atoms with Crippen LogP contribution in [0.3, 0.4) is 0 Å². The molecule has 0 spiro atoms. The molecular formula is C15H8FN3O2S. The van der Waals surface area contributed by atoms with Gasteiger partial charge in [-0.15, -0.1) is 5.10 Å². The van der Waals surface area contributed by atoms with Crippen molar-refractivity contribution >= 4 is 22.4 Å². The highest BCUT2D eigenvalue weighted by Gasteiger charge is 2.12. The molecule has 0 saturated heterocycles. The third-order valence-corrected chi connectivity index (χ3v) is 4.06. The summed E-state index contributed by atoms with van der Waals surface area (Å²) in [5.41, 5.74) is 0.408. The van der Waals surface area contributed by atoms with E-state index in [0.717, 1.165) is 0 Å². The van der Waals surface area contributed by atoms with Gasteiger partial charge in [0.05, 0.1) is 6.26 Å². The molecule has 4 aromatic rings. The van der Waals surface area contributed by atoms with Gasteiger partial charge in [0.15, 0.2) is 5.82 Å². The summed E-state index contributed by atoms with van der Waals surface area (Å²) in [5, 5.41) is 4.19. The Morgan fingerprint density at radius 1 is 1.23 bits per heavy atom. The summed E-state index contributed by atoms with van der Waals surface area (Å²) in [5.74, 6) is 0.665. The average Bonchev–Trinajstić information content (AvgIpc) is 3.21. The first-order chi connectivity index (χ1) is 10.7. The van der Waals surface area contributed by atoms with Gasteiger partial charge in [-0.3, -0.25) is 4.79 Å². The molecule has 0 aliphatic heterocycles. The summed E-state index contributed by atoms with van der Waals surface area (Å²) in [7, 11) is 0. The molecule has 7 heteroatoms. The maximum absolute atomic E-state index is 12.9. The molecule has 4 rings (SSSR count). The Morgan fingerprint density at radius 2 is 2.05 bits per heavy atom. The first-order valence-corrected chi connectivity index (χ1v) is 7.23. The molecule has 0 bridgehead atoms. The Kier molecular flexibility index (Phi) is 2.87. The molecule has 22 heavy (non-hydrogen) atoms. The number of hydrogen-bond acceptors (Lipinski definition) is 5. The number of nitrogens with zero attached hydrogens (tertiary/aromatic N) is 3. The number of aromatic nitrogens is 3. The largest absolute Gasteiger partial charge is 0.465 e. The zero-order valence-electron chi connectivity index (χ0n) is 11.1. The van der Waals surface area contributed by atoms with E-state index in [1.54, 1.807) is 36.6 Å². The van der Waals surface area contributed by atoms with Crippen LogP contribution in [0.5, 0.6) is 0 Å². The topological polar surface area (TPSA) is 60.4 Å². The molecule has 5 nitrogen and oxygen atoms in total. The third-order valence-electron chi connectivity index (χ3n) is 3.10. The Labute approximate surface area is 127 Å². The van der Waals surface area contributed by atoms with Gasteiger partial charge in [0.25, 0.3) is 5.56 Å². The van der Waals surface area contributed by atoms with Crippen molar-refractivity contribution in [1.29, 1.82) is 0 Å². The van der Waals surface area contributed by atoms with Crippen molar-refractivity contribution in [1.82, 2.24) is 14.6 Å². The predicted molar refractivity (Wildman–Crippen MR) is 80.0 cm³/mol. The van der Waals surface area contributed by atoms with E-state index < -0.39 is 0 Å². The van der Waals surface area contributed by atoms with Crippen LogP contribution in [0.1, 0.15) is 5.76 Å². The van der Waals surface area contributed by atoms with Gasteiger partial charge < -0.3 is 4.42 Å². The van der Waals surface area contributed by atoms with E-state index in [1.165, 1.54) is 28.0 Å². The minimum Gasteiger partial charge on any atom is -0.465 e. The van der Waals surface area contributed by atoms with Crippen molar-refractivity contribution in [3.63, 3.8) is 0 Å². The maximum atomic E-state index is 12.9. The number of thiazole rings is 1. The molecule has 0 fully saturated rings.